The fourth-order valence-electron chi connectivity index (χ4n) is 3.65. The first-order chi connectivity index (χ1) is 9.56. The maximum absolute atomic E-state index is 6.25. The lowest BCUT2D eigenvalue weighted by molar-refractivity contribution is -0.0645. The van der Waals surface area contributed by atoms with Gasteiger partial charge in [0, 0.05) is 12.6 Å². The zero-order chi connectivity index (χ0) is 14.6. The van der Waals surface area contributed by atoms with Crippen molar-refractivity contribution < 1.29 is 9.47 Å². The molecule has 3 nitrogen and oxygen atoms in total. The quantitative estimate of drug-likeness (QED) is 0.810. The summed E-state index contributed by atoms with van der Waals surface area (Å²) in [7, 11) is 2.07. The summed E-state index contributed by atoms with van der Waals surface area (Å²) in [5, 5.41) is 3.45. The van der Waals surface area contributed by atoms with Crippen LogP contribution < -0.4 is 5.32 Å². The van der Waals surface area contributed by atoms with Crippen LogP contribution >= 0.6 is 0 Å². The minimum absolute atomic E-state index is 0.340. The van der Waals surface area contributed by atoms with Crippen LogP contribution in [0.5, 0.6) is 0 Å². The molecule has 1 aliphatic heterocycles. The molecule has 4 atom stereocenters. The Morgan fingerprint density at radius 1 is 1.25 bits per heavy atom. The lowest BCUT2D eigenvalue weighted by Crippen LogP contribution is -2.47. The third kappa shape index (κ3) is 3.96. The van der Waals surface area contributed by atoms with E-state index in [1.807, 2.05) is 0 Å². The van der Waals surface area contributed by atoms with Gasteiger partial charge < -0.3 is 14.8 Å². The van der Waals surface area contributed by atoms with Gasteiger partial charge in [-0.25, -0.2) is 0 Å². The third-order valence-electron chi connectivity index (χ3n) is 5.70. The molecular weight excluding hydrogens is 250 g/mol. The van der Waals surface area contributed by atoms with E-state index in [-0.39, 0.29) is 0 Å². The molecule has 2 aliphatic rings. The van der Waals surface area contributed by atoms with E-state index >= 15 is 0 Å². The van der Waals surface area contributed by atoms with Gasteiger partial charge in [-0.1, -0.05) is 27.2 Å². The second-order valence-corrected chi connectivity index (χ2v) is 7.25. The number of likely N-dealkylation sites (N-methyl/N-ethyl adjacent to an activating group) is 1. The highest BCUT2D eigenvalue weighted by Gasteiger charge is 2.37. The Kier molecular flexibility index (Phi) is 5.88. The topological polar surface area (TPSA) is 30.5 Å². The minimum atomic E-state index is 0.340. The highest BCUT2D eigenvalue weighted by atomic mass is 16.5. The molecule has 1 saturated carbocycles. The van der Waals surface area contributed by atoms with Crippen LogP contribution in [0.3, 0.4) is 0 Å². The molecule has 20 heavy (non-hydrogen) atoms. The second kappa shape index (κ2) is 7.24. The van der Waals surface area contributed by atoms with Crippen molar-refractivity contribution in [3.63, 3.8) is 0 Å². The van der Waals surface area contributed by atoms with Gasteiger partial charge in [-0.3, -0.25) is 0 Å². The lowest BCUT2D eigenvalue weighted by Gasteiger charge is -2.43. The summed E-state index contributed by atoms with van der Waals surface area (Å²) < 4.78 is 11.9. The molecule has 3 heteroatoms. The van der Waals surface area contributed by atoms with E-state index in [1.54, 1.807) is 0 Å². The molecule has 0 radical (unpaired) electrons. The zero-order valence-corrected chi connectivity index (χ0v) is 13.8. The number of hydrogen-bond acceptors (Lipinski definition) is 3. The Labute approximate surface area is 124 Å². The number of rotatable bonds is 6. The van der Waals surface area contributed by atoms with E-state index < -0.39 is 0 Å². The molecule has 1 aliphatic carbocycles. The van der Waals surface area contributed by atoms with Gasteiger partial charge in [-0.2, -0.15) is 0 Å². The predicted octanol–water partition coefficient (Wildman–Crippen LogP) is 3.37. The van der Waals surface area contributed by atoms with Crippen LogP contribution in [-0.4, -0.2) is 38.5 Å². The smallest absolute Gasteiger partial charge is 0.0809 e. The monoisotopic (exact) mass is 283 g/mol. The van der Waals surface area contributed by atoms with E-state index in [1.165, 1.54) is 38.5 Å². The van der Waals surface area contributed by atoms with Crippen LogP contribution in [-0.2, 0) is 9.47 Å². The molecule has 0 aromatic rings. The molecule has 0 spiro atoms. The average Bonchev–Trinajstić information content (AvgIpc) is 2.98. The van der Waals surface area contributed by atoms with Crippen molar-refractivity contribution in [2.45, 2.75) is 77.5 Å². The molecule has 0 amide bonds. The van der Waals surface area contributed by atoms with Crippen molar-refractivity contribution in [1.82, 2.24) is 5.32 Å². The van der Waals surface area contributed by atoms with Crippen molar-refractivity contribution in [1.29, 1.82) is 0 Å². The van der Waals surface area contributed by atoms with Gasteiger partial charge in [0.1, 0.15) is 0 Å². The highest BCUT2D eigenvalue weighted by molar-refractivity contribution is 4.90. The van der Waals surface area contributed by atoms with Crippen LogP contribution in [0.2, 0.25) is 0 Å². The van der Waals surface area contributed by atoms with E-state index in [4.69, 9.17) is 9.47 Å². The summed E-state index contributed by atoms with van der Waals surface area (Å²) in [6, 6.07) is 0.514. The molecule has 0 aromatic heterocycles. The van der Waals surface area contributed by atoms with Gasteiger partial charge in [0.2, 0.25) is 0 Å². The van der Waals surface area contributed by atoms with Gasteiger partial charge in [0.25, 0.3) is 0 Å². The van der Waals surface area contributed by atoms with Crippen molar-refractivity contribution in [3.8, 4) is 0 Å². The largest absolute Gasteiger partial charge is 0.376 e. The second-order valence-electron chi connectivity index (χ2n) is 7.25. The van der Waals surface area contributed by atoms with E-state index in [9.17, 15) is 0 Å². The predicted molar refractivity (Wildman–Crippen MR) is 83.0 cm³/mol. The highest BCUT2D eigenvalue weighted by Crippen LogP contribution is 2.41. The molecule has 2 rings (SSSR count). The lowest BCUT2D eigenvalue weighted by atomic mass is 9.68. The zero-order valence-electron chi connectivity index (χ0n) is 13.8. The van der Waals surface area contributed by atoms with Crippen LogP contribution in [0.25, 0.3) is 0 Å². The van der Waals surface area contributed by atoms with Crippen molar-refractivity contribution in [3.05, 3.63) is 0 Å². The van der Waals surface area contributed by atoms with E-state index in [2.05, 4.69) is 33.1 Å². The number of hydrogen-bond donors (Lipinski definition) is 1. The molecular formula is C17H33NO2. The fourth-order valence-corrected chi connectivity index (χ4v) is 3.65. The first-order valence-electron chi connectivity index (χ1n) is 8.47. The molecule has 118 valence electrons. The summed E-state index contributed by atoms with van der Waals surface area (Å²) in [6.07, 6.45) is 8.06. The minimum Gasteiger partial charge on any atom is -0.376 e. The number of ether oxygens (including phenoxy) is 2. The summed E-state index contributed by atoms with van der Waals surface area (Å²) in [4.78, 5) is 0. The fraction of sp³-hybridized carbons (Fsp3) is 1.00. The number of nitrogens with one attached hydrogen (secondary N) is 1. The van der Waals surface area contributed by atoms with Crippen molar-refractivity contribution in [2.24, 2.45) is 11.3 Å². The first kappa shape index (κ1) is 16.3. The normalized spacial score (nSPS) is 35.4. The van der Waals surface area contributed by atoms with Crippen LogP contribution in [0.4, 0.5) is 0 Å². The van der Waals surface area contributed by atoms with E-state index in [0.717, 1.165) is 19.1 Å². The van der Waals surface area contributed by atoms with Crippen LogP contribution in [0.15, 0.2) is 0 Å². The van der Waals surface area contributed by atoms with Gasteiger partial charge in [0.15, 0.2) is 0 Å². The van der Waals surface area contributed by atoms with Gasteiger partial charge in [-0.05, 0) is 50.5 Å². The Bertz CT molecular complexity index is 287. The molecule has 1 heterocycles. The summed E-state index contributed by atoms with van der Waals surface area (Å²) in [5.41, 5.74) is 0.435. The standard InChI is InChI=1S/C17H33NO2/c1-5-17(2,3)13-8-9-15(18-4)16(11-13)20-12-14-7-6-10-19-14/h13-16,18H,5-12H2,1-4H3. The average molecular weight is 283 g/mol. The van der Waals surface area contributed by atoms with Gasteiger partial charge in [0.05, 0.1) is 18.8 Å². The van der Waals surface area contributed by atoms with Gasteiger partial charge in [-0.15, -0.1) is 0 Å². The molecule has 0 bridgehead atoms. The first-order valence-corrected chi connectivity index (χ1v) is 8.47. The Balaban J connectivity index is 1.88. The van der Waals surface area contributed by atoms with Crippen LogP contribution in [0.1, 0.15) is 59.3 Å². The van der Waals surface area contributed by atoms with Crippen LogP contribution in [0, 0.1) is 11.3 Å². The Morgan fingerprint density at radius 3 is 2.65 bits per heavy atom. The third-order valence-corrected chi connectivity index (χ3v) is 5.70. The molecule has 1 saturated heterocycles. The maximum Gasteiger partial charge on any atom is 0.0809 e. The Hall–Kier alpha value is -0.120. The molecule has 0 aromatic carbocycles. The van der Waals surface area contributed by atoms with E-state index in [0.29, 0.717) is 23.7 Å². The molecule has 1 N–H and O–H groups in total. The molecule has 4 unspecified atom stereocenters. The SMILES string of the molecule is CCC(C)(C)C1CCC(NC)C(OCC2CCCO2)C1. The van der Waals surface area contributed by atoms with Crippen molar-refractivity contribution in [2.75, 3.05) is 20.3 Å². The summed E-state index contributed by atoms with van der Waals surface area (Å²) >= 11 is 0. The summed E-state index contributed by atoms with van der Waals surface area (Å²) in [6.45, 7) is 8.83. The van der Waals surface area contributed by atoms with Crippen molar-refractivity contribution >= 4 is 0 Å². The van der Waals surface area contributed by atoms with Gasteiger partial charge >= 0.3 is 0 Å². The summed E-state index contributed by atoms with van der Waals surface area (Å²) in [5.74, 6) is 0.784. The Morgan fingerprint density at radius 2 is 2.05 bits per heavy atom. The molecule has 2 fully saturated rings. The maximum atomic E-state index is 6.25.